The van der Waals surface area contributed by atoms with Crippen LogP contribution in [0, 0.1) is 5.92 Å². The molecule has 0 aliphatic heterocycles. The fourth-order valence-corrected chi connectivity index (χ4v) is 4.10. The number of nitrogens with zero attached hydrogens (tertiary/aromatic N) is 2. The summed E-state index contributed by atoms with van der Waals surface area (Å²) in [6.45, 7) is 6.12. The van der Waals surface area contributed by atoms with Crippen molar-refractivity contribution in [3.63, 3.8) is 0 Å². The minimum Gasteiger partial charge on any atom is -0.464 e. The molecule has 1 N–H and O–H groups in total. The van der Waals surface area contributed by atoms with Gasteiger partial charge in [0.15, 0.2) is 6.29 Å². The Balaban J connectivity index is 1.90. The number of ether oxygens (including phenoxy) is 1. The number of carbonyl (C=O) groups excluding carboxylic acids is 2. The van der Waals surface area contributed by atoms with Crippen LogP contribution >= 0.6 is 11.3 Å². The minimum atomic E-state index is -1.14. The van der Waals surface area contributed by atoms with Gasteiger partial charge in [0.1, 0.15) is 5.60 Å². The molecule has 0 bridgehead atoms. The zero-order valence-corrected chi connectivity index (χ0v) is 16.5. The Kier molecular flexibility index (Phi) is 5.28. The van der Waals surface area contributed by atoms with E-state index in [-0.39, 0.29) is 6.54 Å². The van der Waals surface area contributed by atoms with E-state index in [4.69, 9.17) is 4.74 Å². The molecule has 0 atom stereocenters. The largest absolute Gasteiger partial charge is 0.464 e. The highest BCUT2D eigenvalue weighted by Crippen LogP contribution is 2.31. The van der Waals surface area contributed by atoms with Gasteiger partial charge >= 0.3 is 12.2 Å². The Morgan fingerprint density at radius 2 is 2.07 bits per heavy atom. The van der Waals surface area contributed by atoms with Crippen molar-refractivity contribution in [1.82, 2.24) is 9.47 Å². The summed E-state index contributed by atoms with van der Waals surface area (Å²) >= 11 is 1.24. The molecule has 2 aromatic heterocycles. The molecule has 3 rings (SSSR count). The van der Waals surface area contributed by atoms with Gasteiger partial charge in [0.25, 0.3) is 0 Å². The Hall–Kier alpha value is -2.35. The number of hydrogen-bond acceptors (Lipinski definition) is 5. The third-order valence-corrected chi connectivity index (χ3v) is 5.60. The fraction of sp³-hybridized carbons (Fsp3) is 0.526. The van der Waals surface area contributed by atoms with Crippen LogP contribution in [0.2, 0.25) is 0 Å². The van der Waals surface area contributed by atoms with E-state index in [9.17, 15) is 19.5 Å². The van der Waals surface area contributed by atoms with Gasteiger partial charge in [-0.2, -0.15) is 0 Å². The molecule has 8 heteroatoms. The van der Waals surface area contributed by atoms with Gasteiger partial charge in [-0.05, 0) is 51.7 Å². The summed E-state index contributed by atoms with van der Waals surface area (Å²) in [4.78, 5) is 37.5. The fourth-order valence-electron chi connectivity index (χ4n) is 3.18. The lowest BCUT2D eigenvalue weighted by atomic mass is 9.85. The summed E-state index contributed by atoms with van der Waals surface area (Å²) < 4.78 is 7.38. The van der Waals surface area contributed by atoms with Crippen LogP contribution in [-0.4, -0.2) is 45.2 Å². The van der Waals surface area contributed by atoms with Crippen LogP contribution in [0.25, 0.3) is 10.2 Å². The van der Waals surface area contributed by atoms with Crippen molar-refractivity contribution < 1.29 is 24.2 Å². The van der Waals surface area contributed by atoms with Gasteiger partial charge in [0, 0.05) is 6.54 Å². The van der Waals surface area contributed by atoms with Gasteiger partial charge in [-0.3, -0.25) is 4.79 Å². The first-order valence-corrected chi connectivity index (χ1v) is 9.80. The molecule has 1 aliphatic carbocycles. The second kappa shape index (κ2) is 7.34. The average molecular weight is 392 g/mol. The second-order valence-corrected chi connectivity index (χ2v) is 9.04. The Bertz CT molecular complexity index is 873. The van der Waals surface area contributed by atoms with Crippen molar-refractivity contribution >= 4 is 40.0 Å². The molecule has 0 spiro atoms. The molecule has 0 radical (unpaired) electrons. The number of hydrogen-bond donors (Lipinski definition) is 1. The number of aldehydes is 1. The Labute approximate surface area is 161 Å². The minimum absolute atomic E-state index is 0.148. The molecule has 0 saturated heterocycles. The second-order valence-electron chi connectivity index (χ2n) is 7.93. The molecule has 2 aromatic rings. The first-order valence-electron chi connectivity index (χ1n) is 8.98. The number of amides is 1. The zero-order chi connectivity index (χ0) is 19.8. The molecule has 1 amide bonds. The highest BCUT2D eigenvalue weighted by Gasteiger charge is 2.29. The number of rotatable bonds is 5. The number of fused-ring (bicyclic) bond motifs is 1. The number of carbonyl (C=O) groups is 3. The van der Waals surface area contributed by atoms with Crippen molar-refractivity contribution in [2.75, 3.05) is 6.54 Å². The maximum absolute atomic E-state index is 12.7. The van der Waals surface area contributed by atoms with Gasteiger partial charge in [0.05, 0.1) is 27.3 Å². The first kappa shape index (κ1) is 19.4. The molecular weight excluding hydrogens is 368 g/mol. The molecule has 7 nitrogen and oxygen atoms in total. The number of thiophene rings is 1. The van der Waals surface area contributed by atoms with Crippen LogP contribution in [0.5, 0.6) is 0 Å². The van der Waals surface area contributed by atoms with E-state index in [1.165, 1.54) is 11.3 Å². The predicted octanol–water partition coefficient (Wildman–Crippen LogP) is 4.58. The molecular formula is C19H24N2O5S. The summed E-state index contributed by atoms with van der Waals surface area (Å²) in [7, 11) is 0. The lowest BCUT2D eigenvalue weighted by Crippen LogP contribution is -2.41. The van der Waals surface area contributed by atoms with Crippen molar-refractivity contribution in [3.8, 4) is 0 Å². The summed E-state index contributed by atoms with van der Waals surface area (Å²) in [6, 6.07) is 3.30. The van der Waals surface area contributed by atoms with Gasteiger partial charge in [-0.25, -0.2) is 14.2 Å². The van der Waals surface area contributed by atoms with Crippen LogP contribution in [0.4, 0.5) is 9.59 Å². The normalized spacial score (nSPS) is 14.8. The van der Waals surface area contributed by atoms with Crippen LogP contribution in [0.3, 0.4) is 0 Å². The maximum Gasteiger partial charge on any atom is 0.416 e. The molecule has 146 valence electrons. The van der Waals surface area contributed by atoms with Gasteiger partial charge in [-0.1, -0.05) is 6.42 Å². The van der Waals surface area contributed by atoms with Gasteiger partial charge in [0.2, 0.25) is 0 Å². The SMILES string of the molecule is CC(C)(C)OC(=O)N(Cc1cc2sc(C=O)cc2n1C(=O)O)CC1CCC1. The lowest BCUT2D eigenvalue weighted by Gasteiger charge is -2.33. The average Bonchev–Trinajstić information content (AvgIpc) is 3.03. The van der Waals surface area contributed by atoms with Crippen molar-refractivity contribution in [3.05, 3.63) is 22.7 Å². The van der Waals surface area contributed by atoms with E-state index in [0.29, 0.717) is 39.5 Å². The highest BCUT2D eigenvalue weighted by molar-refractivity contribution is 7.20. The molecule has 1 aliphatic rings. The molecule has 1 fully saturated rings. The Morgan fingerprint density at radius 1 is 1.37 bits per heavy atom. The standard InChI is InChI=1S/C19H24N2O5S/c1-19(2,3)26-18(25)20(9-12-5-4-6-12)10-13-7-16-15(21(13)17(23)24)8-14(11-22)27-16/h7-8,11-12H,4-6,9-10H2,1-3H3,(H,23,24). The quantitative estimate of drug-likeness (QED) is 0.753. The third kappa shape index (κ3) is 4.32. The van der Waals surface area contributed by atoms with Crippen molar-refractivity contribution in [2.24, 2.45) is 5.92 Å². The zero-order valence-electron chi connectivity index (χ0n) is 15.7. The van der Waals surface area contributed by atoms with E-state index < -0.39 is 17.8 Å². The third-order valence-electron chi connectivity index (χ3n) is 4.60. The smallest absolute Gasteiger partial charge is 0.416 e. The maximum atomic E-state index is 12.7. The van der Waals surface area contributed by atoms with Gasteiger partial charge < -0.3 is 14.7 Å². The van der Waals surface area contributed by atoms with Crippen molar-refractivity contribution in [2.45, 2.75) is 52.2 Å². The summed E-state index contributed by atoms with van der Waals surface area (Å²) in [5.74, 6) is 0.425. The lowest BCUT2D eigenvalue weighted by molar-refractivity contribution is 0.0168. The molecule has 1 saturated carbocycles. The molecule has 27 heavy (non-hydrogen) atoms. The molecule has 2 heterocycles. The highest BCUT2D eigenvalue weighted by atomic mass is 32.1. The molecule has 0 aromatic carbocycles. The van der Waals surface area contributed by atoms with Gasteiger partial charge in [-0.15, -0.1) is 11.3 Å². The van der Waals surface area contributed by atoms with E-state index >= 15 is 0 Å². The monoisotopic (exact) mass is 392 g/mol. The van der Waals surface area contributed by atoms with E-state index in [2.05, 4.69) is 0 Å². The van der Waals surface area contributed by atoms with Crippen LogP contribution in [0.1, 0.15) is 55.4 Å². The number of aromatic nitrogens is 1. The summed E-state index contributed by atoms with van der Waals surface area (Å²) in [5, 5.41) is 9.66. The summed E-state index contributed by atoms with van der Waals surface area (Å²) in [6.07, 6.45) is 2.42. The predicted molar refractivity (Wildman–Crippen MR) is 103 cm³/mol. The number of carboxylic acid groups (broad SMARTS) is 1. The van der Waals surface area contributed by atoms with E-state index in [0.717, 1.165) is 23.8 Å². The van der Waals surface area contributed by atoms with Crippen molar-refractivity contribution in [1.29, 1.82) is 0 Å². The van der Waals surface area contributed by atoms with Crippen LogP contribution in [0.15, 0.2) is 12.1 Å². The van der Waals surface area contributed by atoms with Crippen LogP contribution < -0.4 is 0 Å². The van der Waals surface area contributed by atoms with E-state index in [1.807, 2.05) is 20.8 Å². The molecule has 0 unspecified atom stereocenters. The van der Waals surface area contributed by atoms with Crippen LogP contribution in [-0.2, 0) is 11.3 Å². The van der Waals surface area contributed by atoms with E-state index in [1.54, 1.807) is 17.0 Å². The summed E-state index contributed by atoms with van der Waals surface area (Å²) in [5.41, 5.74) is 0.340. The first-order chi connectivity index (χ1) is 12.7. The Morgan fingerprint density at radius 3 is 2.59 bits per heavy atom. The topological polar surface area (TPSA) is 88.8 Å².